The molecule has 0 aromatic rings. The average molecular weight is 444 g/mol. The first kappa shape index (κ1) is 30.9. The van der Waals surface area contributed by atoms with Gasteiger partial charge in [0.25, 0.3) is 10.1 Å². The molecule has 0 spiro atoms. The Kier molecular flexibility index (Phi) is 23.2. The molecule has 5 nitrogen and oxygen atoms in total. The minimum absolute atomic E-state index is 0. The summed E-state index contributed by atoms with van der Waals surface area (Å²) in [5, 5.41) is 0. The van der Waals surface area contributed by atoms with Crippen molar-refractivity contribution in [3.63, 3.8) is 0 Å². The Labute approximate surface area is 217 Å². The van der Waals surface area contributed by atoms with Crippen molar-refractivity contribution in [2.75, 3.05) is 19.3 Å². The number of amides is 1. The van der Waals surface area contributed by atoms with Crippen LogP contribution in [-0.4, -0.2) is 43.1 Å². The van der Waals surface area contributed by atoms with E-state index in [1.54, 1.807) is 7.05 Å². The normalized spacial score (nSPS) is 11.5. The molecule has 28 heavy (non-hydrogen) atoms. The molecular weight excluding hydrogens is 401 g/mol. The first-order valence-electron chi connectivity index (χ1n) is 10.7. The summed E-state index contributed by atoms with van der Waals surface area (Å²) in [5.41, 5.74) is 0. The molecule has 0 saturated heterocycles. The maximum atomic E-state index is 11.8. The van der Waals surface area contributed by atoms with E-state index in [4.69, 9.17) is 4.55 Å². The molecule has 162 valence electrons. The molecule has 0 bridgehead atoms. The van der Waals surface area contributed by atoms with Gasteiger partial charge in [0.2, 0.25) is 5.91 Å². The van der Waals surface area contributed by atoms with Crippen LogP contribution in [0.5, 0.6) is 0 Å². The van der Waals surface area contributed by atoms with Crippen molar-refractivity contribution in [2.45, 2.75) is 96.8 Å². The Bertz CT molecular complexity index is 501. The molecule has 0 heterocycles. The Morgan fingerprint density at radius 2 is 1.36 bits per heavy atom. The largest absolute Gasteiger partial charge is 1.00 e. The topological polar surface area (TPSA) is 74.7 Å². The second kappa shape index (κ2) is 21.0. The van der Waals surface area contributed by atoms with Crippen LogP contribution in [0.15, 0.2) is 12.2 Å². The van der Waals surface area contributed by atoms with Crippen molar-refractivity contribution in [3.05, 3.63) is 12.2 Å². The number of rotatable bonds is 18. The summed E-state index contributed by atoms with van der Waals surface area (Å²) in [7, 11) is -2.43. The van der Waals surface area contributed by atoms with E-state index in [1.165, 1.54) is 62.7 Å². The van der Waals surface area contributed by atoms with Crippen molar-refractivity contribution < 1.29 is 70.6 Å². The van der Waals surface area contributed by atoms with Gasteiger partial charge in [-0.1, -0.05) is 70.4 Å². The zero-order chi connectivity index (χ0) is 20.4. The summed E-state index contributed by atoms with van der Waals surface area (Å²) in [6, 6.07) is 0. The molecule has 0 aromatic heterocycles. The number of carbonyl (C=O) groups is 1. The Morgan fingerprint density at radius 1 is 0.893 bits per heavy atom. The molecule has 0 atom stereocenters. The van der Waals surface area contributed by atoms with E-state index in [1.807, 2.05) is 0 Å². The van der Waals surface area contributed by atoms with Crippen LogP contribution in [-0.2, 0) is 14.9 Å². The fraction of sp³-hybridized carbons (Fsp3) is 0.857. The molecule has 1 N–H and O–H groups in total. The summed E-state index contributed by atoms with van der Waals surface area (Å²) >= 11 is 0. The molecule has 7 heteroatoms. The number of carbonyl (C=O) groups excluding carboxylic acids is 1. The van der Waals surface area contributed by atoms with E-state index in [2.05, 4.69) is 19.1 Å². The molecule has 1 amide bonds. The Balaban J connectivity index is -0.00000338. The summed E-state index contributed by atoms with van der Waals surface area (Å²) in [4.78, 5) is 13.2. The van der Waals surface area contributed by atoms with Crippen LogP contribution >= 0.6 is 0 Å². The van der Waals surface area contributed by atoms with Gasteiger partial charge in [0, 0.05) is 20.0 Å². The third-order valence-corrected chi connectivity index (χ3v) is 5.46. The van der Waals surface area contributed by atoms with Crippen LogP contribution in [0.2, 0.25) is 0 Å². The zero-order valence-electron chi connectivity index (χ0n) is 19.5. The minimum Gasteiger partial charge on any atom is -1.00 e. The maximum Gasteiger partial charge on any atom is 1.00 e. The van der Waals surface area contributed by atoms with Crippen LogP contribution in [0.1, 0.15) is 98.2 Å². The monoisotopic (exact) mass is 443 g/mol. The van der Waals surface area contributed by atoms with E-state index < -0.39 is 15.9 Å². The second-order valence-electron chi connectivity index (χ2n) is 7.44. The smallest absolute Gasteiger partial charge is 1.00 e. The summed E-state index contributed by atoms with van der Waals surface area (Å²) in [6.07, 6.45) is 20.9. The van der Waals surface area contributed by atoms with Gasteiger partial charge < -0.3 is 6.33 Å². The number of allylic oxidation sites excluding steroid dienone is 2. The first-order chi connectivity index (χ1) is 12.9. The van der Waals surface area contributed by atoms with Gasteiger partial charge in [-0.05, 0) is 32.1 Å². The van der Waals surface area contributed by atoms with Crippen molar-refractivity contribution >= 4 is 16.0 Å². The summed E-state index contributed by atoms with van der Waals surface area (Å²) in [5.74, 6) is -0.460. The van der Waals surface area contributed by atoms with Crippen LogP contribution in [0.3, 0.4) is 0 Å². The SMILES string of the molecule is CCCCCCCC/C=C\CCCCCCCC(=O)N(C)CCS(=O)(=O)O.[H-].[K+]. The third kappa shape index (κ3) is 23.0. The molecule has 0 saturated carbocycles. The fourth-order valence-electron chi connectivity index (χ4n) is 2.91. The van der Waals surface area contributed by atoms with E-state index in [-0.39, 0.29) is 65.3 Å². The predicted octanol–water partition coefficient (Wildman–Crippen LogP) is 2.49. The van der Waals surface area contributed by atoms with Gasteiger partial charge in [0.05, 0.1) is 5.75 Å². The van der Waals surface area contributed by atoms with Gasteiger partial charge in [0.15, 0.2) is 0 Å². The van der Waals surface area contributed by atoms with Gasteiger partial charge in [0.1, 0.15) is 0 Å². The van der Waals surface area contributed by atoms with E-state index in [0.29, 0.717) is 6.42 Å². The van der Waals surface area contributed by atoms with Crippen LogP contribution in [0.4, 0.5) is 0 Å². The van der Waals surface area contributed by atoms with E-state index in [9.17, 15) is 13.2 Å². The predicted molar refractivity (Wildman–Crippen MR) is 115 cm³/mol. The molecule has 0 radical (unpaired) electrons. The first-order valence-corrected chi connectivity index (χ1v) is 12.3. The number of unbranched alkanes of at least 4 members (excludes halogenated alkanes) is 11. The van der Waals surface area contributed by atoms with Crippen molar-refractivity contribution in [1.29, 1.82) is 0 Å². The van der Waals surface area contributed by atoms with Gasteiger partial charge in [-0.2, -0.15) is 8.42 Å². The van der Waals surface area contributed by atoms with Crippen LogP contribution < -0.4 is 51.4 Å². The van der Waals surface area contributed by atoms with Crippen LogP contribution in [0, 0.1) is 0 Å². The molecule has 0 aliphatic rings. The Morgan fingerprint density at radius 3 is 1.86 bits per heavy atom. The molecular formula is C21H42KNO4S. The number of hydrogen-bond acceptors (Lipinski definition) is 3. The summed E-state index contributed by atoms with van der Waals surface area (Å²) < 4.78 is 30.1. The van der Waals surface area contributed by atoms with Gasteiger partial charge in [-0.25, -0.2) is 0 Å². The molecule has 0 aliphatic carbocycles. The second-order valence-corrected chi connectivity index (χ2v) is 9.01. The molecule has 0 aromatic carbocycles. The van der Waals surface area contributed by atoms with Gasteiger partial charge >= 0.3 is 51.4 Å². The minimum atomic E-state index is -4.00. The summed E-state index contributed by atoms with van der Waals surface area (Å²) in [6.45, 7) is 2.29. The van der Waals surface area contributed by atoms with Crippen molar-refractivity contribution in [1.82, 2.24) is 4.90 Å². The van der Waals surface area contributed by atoms with E-state index in [0.717, 1.165) is 25.7 Å². The third-order valence-electron chi connectivity index (χ3n) is 4.76. The van der Waals surface area contributed by atoms with Gasteiger partial charge in [-0.3, -0.25) is 9.35 Å². The maximum absolute atomic E-state index is 11.8. The Hall–Kier alpha value is 0.756. The average Bonchev–Trinajstić information content (AvgIpc) is 2.62. The standard InChI is InChI=1S/C21H41NO4S.K.H/c1-3-4-5-6-7-8-9-10-11-12-13-14-15-16-17-18-21(23)22(2)19-20-27(24,25)26;;/h10-11H,3-9,12-20H2,1-2H3,(H,24,25,26);;/q;+1;-1/b11-10-;;. The molecule has 0 unspecified atom stereocenters. The van der Waals surface area contributed by atoms with E-state index >= 15 is 0 Å². The molecule has 0 aliphatic heterocycles. The van der Waals surface area contributed by atoms with Crippen LogP contribution in [0.25, 0.3) is 0 Å². The zero-order valence-corrected chi connectivity index (χ0v) is 22.4. The van der Waals surface area contributed by atoms with Gasteiger partial charge in [-0.15, -0.1) is 0 Å². The number of nitrogens with zero attached hydrogens (tertiary/aromatic N) is 1. The quantitative estimate of drug-likeness (QED) is 0.153. The molecule has 0 rings (SSSR count). The fourth-order valence-corrected chi connectivity index (χ4v) is 3.42. The molecule has 0 fully saturated rings. The number of hydrogen-bond donors (Lipinski definition) is 1. The van der Waals surface area contributed by atoms with Crippen molar-refractivity contribution in [2.24, 2.45) is 0 Å². The van der Waals surface area contributed by atoms with Crippen molar-refractivity contribution in [3.8, 4) is 0 Å².